The van der Waals surface area contributed by atoms with Crippen molar-refractivity contribution in [2.24, 2.45) is 0 Å². The Bertz CT molecular complexity index is 891. The van der Waals surface area contributed by atoms with Gasteiger partial charge in [0, 0.05) is 18.5 Å². The summed E-state index contributed by atoms with van der Waals surface area (Å²) < 4.78 is 5.87. The molecule has 6 heteroatoms. The molecule has 2 aliphatic heterocycles. The second kappa shape index (κ2) is 8.97. The van der Waals surface area contributed by atoms with Gasteiger partial charge in [0.1, 0.15) is 12.4 Å². The molecule has 4 rings (SSSR count). The molecule has 5 nitrogen and oxygen atoms in total. The molecule has 1 atom stereocenters. The second-order valence-electron chi connectivity index (χ2n) is 7.63. The molecule has 152 valence electrons. The number of ether oxygens (including phenoxy) is 1. The van der Waals surface area contributed by atoms with E-state index in [4.69, 9.17) is 16.3 Å². The van der Waals surface area contributed by atoms with Gasteiger partial charge in [0.15, 0.2) is 0 Å². The Morgan fingerprint density at radius 3 is 2.55 bits per heavy atom. The molecule has 2 aromatic carbocycles. The smallest absolute Gasteiger partial charge is 0.234 e. The Hall–Kier alpha value is -2.37. The molecule has 0 aromatic heterocycles. The first kappa shape index (κ1) is 19.9. The predicted octanol–water partition coefficient (Wildman–Crippen LogP) is 4.00. The van der Waals surface area contributed by atoms with Crippen molar-refractivity contribution < 1.29 is 14.3 Å². The van der Waals surface area contributed by atoms with Gasteiger partial charge in [-0.1, -0.05) is 41.9 Å². The number of likely N-dealkylation sites (tertiary alicyclic amines) is 1. The van der Waals surface area contributed by atoms with Crippen LogP contribution in [0.5, 0.6) is 5.75 Å². The standard InChI is InChI=1S/C23H25ClN2O3/c24-22-18(4-3-5-19(22)20-10-11-21(27)25-23(20)28)16-6-8-17(9-7-16)29-15-14-26-12-1-2-13-26/h3-9,20H,1-2,10-15H2,(H,25,27,28). The minimum atomic E-state index is -0.395. The second-order valence-corrected chi connectivity index (χ2v) is 8.01. The number of benzene rings is 2. The highest BCUT2D eigenvalue weighted by Crippen LogP contribution is 2.37. The van der Waals surface area contributed by atoms with Crippen LogP contribution in [0.15, 0.2) is 42.5 Å². The van der Waals surface area contributed by atoms with Crippen molar-refractivity contribution in [1.82, 2.24) is 10.2 Å². The van der Waals surface area contributed by atoms with Crippen molar-refractivity contribution in [3.8, 4) is 16.9 Å². The van der Waals surface area contributed by atoms with Crippen molar-refractivity contribution >= 4 is 23.4 Å². The number of rotatable bonds is 6. The molecular formula is C23H25ClN2O3. The summed E-state index contributed by atoms with van der Waals surface area (Å²) in [5.41, 5.74) is 2.61. The van der Waals surface area contributed by atoms with Crippen LogP contribution in [-0.2, 0) is 9.59 Å². The van der Waals surface area contributed by atoms with E-state index in [1.54, 1.807) is 0 Å². The first-order valence-electron chi connectivity index (χ1n) is 10.2. The number of hydrogen-bond acceptors (Lipinski definition) is 4. The number of nitrogens with zero attached hydrogens (tertiary/aromatic N) is 1. The Morgan fingerprint density at radius 1 is 1.07 bits per heavy atom. The third kappa shape index (κ3) is 4.62. The molecule has 2 saturated heterocycles. The van der Waals surface area contributed by atoms with E-state index in [1.165, 1.54) is 25.9 Å². The van der Waals surface area contributed by atoms with Crippen molar-refractivity contribution in [2.75, 3.05) is 26.2 Å². The highest BCUT2D eigenvalue weighted by atomic mass is 35.5. The van der Waals surface area contributed by atoms with E-state index in [0.717, 1.165) is 29.0 Å². The third-order valence-corrected chi connectivity index (χ3v) is 6.11. The third-order valence-electron chi connectivity index (χ3n) is 5.68. The molecule has 1 N–H and O–H groups in total. The van der Waals surface area contributed by atoms with Crippen LogP contribution in [0.2, 0.25) is 5.02 Å². The minimum Gasteiger partial charge on any atom is -0.492 e. The fourth-order valence-corrected chi connectivity index (χ4v) is 4.43. The maximum Gasteiger partial charge on any atom is 0.234 e. The quantitative estimate of drug-likeness (QED) is 0.728. The molecule has 0 saturated carbocycles. The topological polar surface area (TPSA) is 58.6 Å². The largest absolute Gasteiger partial charge is 0.492 e. The van der Waals surface area contributed by atoms with Crippen LogP contribution in [0, 0.1) is 0 Å². The zero-order valence-corrected chi connectivity index (χ0v) is 17.1. The SMILES string of the molecule is O=C1CCC(c2cccc(-c3ccc(OCCN4CCCC4)cc3)c2Cl)C(=O)N1. The number of carbonyl (C=O) groups excluding carboxylic acids is 2. The lowest BCUT2D eigenvalue weighted by molar-refractivity contribution is -0.134. The first-order chi connectivity index (χ1) is 14.1. The average molecular weight is 413 g/mol. The average Bonchev–Trinajstić information content (AvgIpc) is 3.23. The molecule has 2 aliphatic rings. The van der Waals surface area contributed by atoms with Gasteiger partial charge in [0.25, 0.3) is 0 Å². The molecule has 0 bridgehead atoms. The summed E-state index contributed by atoms with van der Waals surface area (Å²) in [5, 5.41) is 2.96. The summed E-state index contributed by atoms with van der Waals surface area (Å²) in [4.78, 5) is 26.1. The summed E-state index contributed by atoms with van der Waals surface area (Å²) in [6.45, 7) is 3.99. The minimum absolute atomic E-state index is 0.223. The fourth-order valence-electron chi connectivity index (χ4n) is 4.06. The number of hydrogen-bond donors (Lipinski definition) is 1. The first-order valence-corrected chi connectivity index (χ1v) is 10.6. The Kier molecular flexibility index (Phi) is 6.16. The van der Waals surface area contributed by atoms with Gasteiger partial charge >= 0.3 is 0 Å². The van der Waals surface area contributed by atoms with E-state index in [2.05, 4.69) is 10.2 Å². The summed E-state index contributed by atoms with van der Waals surface area (Å²) >= 11 is 6.67. The van der Waals surface area contributed by atoms with E-state index in [1.807, 2.05) is 42.5 Å². The maximum atomic E-state index is 12.2. The van der Waals surface area contributed by atoms with Gasteiger partial charge in [-0.05, 0) is 55.6 Å². The molecule has 29 heavy (non-hydrogen) atoms. The van der Waals surface area contributed by atoms with Crippen molar-refractivity contribution in [1.29, 1.82) is 0 Å². The van der Waals surface area contributed by atoms with E-state index in [0.29, 0.717) is 24.5 Å². The molecule has 1 unspecified atom stereocenters. The van der Waals surface area contributed by atoms with Gasteiger partial charge in [0.2, 0.25) is 11.8 Å². The van der Waals surface area contributed by atoms with E-state index < -0.39 is 5.92 Å². The zero-order chi connectivity index (χ0) is 20.2. The summed E-state index contributed by atoms with van der Waals surface area (Å²) in [7, 11) is 0. The Balaban J connectivity index is 1.45. The van der Waals surface area contributed by atoms with E-state index >= 15 is 0 Å². The van der Waals surface area contributed by atoms with Gasteiger partial charge in [-0.25, -0.2) is 0 Å². The predicted molar refractivity (Wildman–Crippen MR) is 113 cm³/mol. The van der Waals surface area contributed by atoms with Gasteiger partial charge in [0.05, 0.1) is 10.9 Å². The molecule has 0 spiro atoms. The van der Waals surface area contributed by atoms with Crippen molar-refractivity contribution in [3.63, 3.8) is 0 Å². The summed E-state index contributed by atoms with van der Waals surface area (Å²) in [5.74, 6) is -0.0559. The lowest BCUT2D eigenvalue weighted by atomic mass is 9.88. The molecule has 2 amide bonds. The monoisotopic (exact) mass is 412 g/mol. The van der Waals surface area contributed by atoms with E-state index in [9.17, 15) is 9.59 Å². The van der Waals surface area contributed by atoms with Crippen LogP contribution >= 0.6 is 11.6 Å². The molecule has 2 aromatic rings. The Labute approximate surface area is 176 Å². The van der Waals surface area contributed by atoms with Crippen LogP contribution in [-0.4, -0.2) is 43.0 Å². The molecule has 0 aliphatic carbocycles. The Morgan fingerprint density at radius 2 is 1.83 bits per heavy atom. The normalized spacial score (nSPS) is 20.0. The van der Waals surface area contributed by atoms with Gasteiger partial charge < -0.3 is 4.74 Å². The van der Waals surface area contributed by atoms with Crippen LogP contribution in [0.25, 0.3) is 11.1 Å². The molecule has 2 heterocycles. The summed E-state index contributed by atoms with van der Waals surface area (Å²) in [6, 6.07) is 13.6. The van der Waals surface area contributed by atoms with Crippen LogP contribution < -0.4 is 10.1 Å². The van der Waals surface area contributed by atoms with Crippen LogP contribution in [0.3, 0.4) is 0 Å². The van der Waals surface area contributed by atoms with Crippen LogP contribution in [0.4, 0.5) is 0 Å². The summed E-state index contributed by atoms with van der Waals surface area (Å²) in [6.07, 6.45) is 3.39. The highest BCUT2D eigenvalue weighted by Gasteiger charge is 2.30. The van der Waals surface area contributed by atoms with Gasteiger partial charge in [-0.3, -0.25) is 19.8 Å². The van der Waals surface area contributed by atoms with Crippen LogP contribution in [0.1, 0.15) is 37.2 Å². The zero-order valence-electron chi connectivity index (χ0n) is 16.3. The molecule has 0 radical (unpaired) electrons. The molecular weight excluding hydrogens is 388 g/mol. The maximum absolute atomic E-state index is 12.2. The lowest BCUT2D eigenvalue weighted by Crippen LogP contribution is -2.39. The fraction of sp³-hybridized carbons (Fsp3) is 0.391. The van der Waals surface area contributed by atoms with Gasteiger partial charge in [-0.2, -0.15) is 0 Å². The molecule has 2 fully saturated rings. The number of halogens is 1. The number of nitrogens with one attached hydrogen (secondary N) is 1. The number of piperidine rings is 1. The number of carbonyl (C=O) groups is 2. The lowest BCUT2D eigenvalue weighted by Gasteiger charge is -2.23. The number of amides is 2. The van der Waals surface area contributed by atoms with Crippen molar-refractivity contribution in [2.45, 2.75) is 31.6 Å². The van der Waals surface area contributed by atoms with Gasteiger partial charge in [-0.15, -0.1) is 0 Å². The van der Waals surface area contributed by atoms with E-state index in [-0.39, 0.29) is 11.8 Å². The number of imide groups is 1. The van der Waals surface area contributed by atoms with Crippen molar-refractivity contribution in [3.05, 3.63) is 53.1 Å². The highest BCUT2D eigenvalue weighted by molar-refractivity contribution is 6.34.